The Kier molecular flexibility index (Phi) is 4.62. The summed E-state index contributed by atoms with van der Waals surface area (Å²) >= 11 is 12.8. The van der Waals surface area contributed by atoms with E-state index in [2.05, 4.69) is 17.2 Å². The van der Waals surface area contributed by atoms with Gasteiger partial charge in [0, 0.05) is 16.1 Å². The highest BCUT2D eigenvalue weighted by Gasteiger charge is 2.13. The summed E-state index contributed by atoms with van der Waals surface area (Å²) in [5.74, 6) is 0. The van der Waals surface area contributed by atoms with Gasteiger partial charge in [-0.3, -0.25) is 0 Å². The SMILES string of the molecule is Cc1nc(C)c(C(C)Nc2ccc(C(N)=S)c(Cl)c2)s1. The van der Waals surface area contributed by atoms with Crippen molar-refractivity contribution in [2.45, 2.75) is 26.8 Å². The largest absolute Gasteiger partial charge is 0.389 e. The molecule has 2 rings (SSSR count). The van der Waals surface area contributed by atoms with Crippen molar-refractivity contribution < 1.29 is 0 Å². The Labute approximate surface area is 133 Å². The lowest BCUT2D eigenvalue weighted by Crippen LogP contribution is -2.11. The lowest BCUT2D eigenvalue weighted by atomic mass is 10.1. The summed E-state index contributed by atoms with van der Waals surface area (Å²) in [5, 5.41) is 5.06. The van der Waals surface area contributed by atoms with Crippen molar-refractivity contribution in [2.24, 2.45) is 5.73 Å². The average molecular weight is 326 g/mol. The quantitative estimate of drug-likeness (QED) is 0.826. The predicted molar refractivity (Wildman–Crippen MR) is 91.0 cm³/mol. The second kappa shape index (κ2) is 6.08. The molecule has 1 heterocycles. The normalized spacial score (nSPS) is 12.2. The maximum Gasteiger partial charge on any atom is 0.105 e. The molecule has 106 valence electrons. The van der Waals surface area contributed by atoms with E-state index in [4.69, 9.17) is 29.6 Å². The molecule has 6 heteroatoms. The number of hydrogen-bond acceptors (Lipinski definition) is 4. The molecule has 0 amide bonds. The van der Waals surface area contributed by atoms with Crippen molar-refractivity contribution in [3.05, 3.63) is 44.4 Å². The third kappa shape index (κ3) is 3.29. The number of halogens is 1. The Hall–Kier alpha value is -1.17. The van der Waals surface area contributed by atoms with Gasteiger partial charge in [0.05, 0.1) is 21.8 Å². The van der Waals surface area contributed by atoms with Gasteiger partial charge in [-0.15, -0.1) is 11.3 Å². The van der Waals surface area contributed by atoms with Crippen LogP contribution in [-0.4, -0.2) is 9.97 Å². The summed E-state index contributed by atoms with van der Waals surface area (Å²) in [6.07, 6.45) is 0. The average Bonchev–Trinajstić information content (AvgIpc) is 2.68. The first kappa shape index (κ1) is 15.2. The van der Waals surface area contributed by atoms with Gasteiger partial charge in [0.1, 0.15) is 4.99 Å². The fourth-order valence-electron chi connectivity index (χ4n) is 2.07. The molecule has 1 unspecified atom stereocenters. The lowest BCUT2D eigenvalue weighted by Gasteiger charge is -2.15. The highest BCUT2D eigenvalue weighted by Crippen LogP contribution is 2.29. The molecule has 0 bridgehead atoms. The number of thiazole rings is 1. The highest BCUT2D eigenvalue weighted by atomic mass is 35.5. The van der Waals surface area contributed by atoms with Crippen LogP contribution in [0.2, 0.25) is 5.02 Å². The first-order valence-corrected chi connectivity index (χ1v) is 7.78. The number of aryl methyl sites for hydroxylation is 2. The van der Waals surface area contributed by atoms with Crippen LogP contribution >= 0.6 is 35.2 Å². The van der Waals surface area contributed by atoms with Crippen LogP contribution in [-0.2, 0) is 0 Å². The number of nitrogens with two attached hydrogens (primary N) is 1. The number of benzene rings is 1. The molecular weight excluding hydrogens is 310 g/mol. The molecule has 1 aromatic heterocycles. The zero-order valence-electron chi connectivity index (χ0n) is 11.5. The number of hydrogen-bond donors (Lipinski definition) is 2. The number of thiocarbonyl (C=S) groups is 1. The van der Waals surface area contributed by atoms with Gasteiger partial charge in [0.25, 0.3) is 0 Å². The van der Waals surface area contributed by atoms with E-state index in [9.17, 15) is 0 Å². The summed E-state index contributed by atoms with van der Waals surface area (Å²) in [6.45, 7) is 6.15. The van der Waals surface area contributed by atoms with Crippen molar-refractivity contribution in [2.75, 3.05) is 5.32 Å². The Morgan fingerprint density at radius 3 is 2.65 bits per heavy atom. The molecule has 0 saturated carbocycles. The van der Waals surface area contributed by atoms with E-state index >= 15 is 0 Å². The number of aromatic nitrogens is 1. The molecule has 0 aliphatic heterocycles. The molecule has 0 saturated heterocycles. The predicted octanol–water partition coefficient (Wildman–Crippen LogP) is 4.22. The van der Waals surface area contributed by atoms with Gasteiger partial charge in [0.2, 0.25) is 0 Å². The molecule has 0 spiro atoms. The van der Waals surface area contributed by atoms with Crippen LogP contribution in [0.25, 0.3) is 0 Å². The molecule has 0 fully saturated rings. The third-order valence-electron chi connectivity index (χ3n) is 2.95. The number of nitrogens with zero attached hydrogens (tertiary/aromatic N) is 1. The summed E-state index contributed by atoms with van der Waals surface area (Å²) < 4.78 is 0. The Morgan fingerprint density at radius 1 is 1.45 bits per heavy atom. The third-order valence-corrected chi connectivity index (χ3v) is 4.74. The van der Waals surface area contributed by atoms with Crippen LogP contribution in [0.1, 0.15) is 34.1 Å². The summed E-state index contributed by atoms with van der Waals surface area (Å²) in [7, 11) is 0. The zero-order chi connectivity index (χ0) is 14.9. The van der Waals surface area contributed by atoms with Crippen molar-refractivity contribution in [3.8, 4) is 0 Å². The van der Waals surface area contributed by atoms with E-state index in [-0.39, 0.29) is 6.04 Å². The summed E-state index contributed by atoms with van der Waals surface area (Å²) in [4.78, 5) is 5.99. The van der Waals surface area contributed by atoms with E-state index in [0.717, 1.165) is 16.4 Å². The van der Waals surface area contributed by atoms with Gasteiger partial charge in [-0.1, -0.05) is 23.8 Å². The smallest absolute Gasteiger partial charge is 0.105 e. The maximum absolute atomic E-state index is 6.17. The van der Waals surface area contributed by atoms with Gasteiger partial charge in [0.15, 0.2) is 0 Å². The lowest BCUT2D eigenvalue weighted by molar-refractivity contribution is 0.890. The van der Waals surface area contributed by atoms with Crippen LogP contribution in [0.5, 0.6) is 0 Å². The second-order valence-electron chi connectivity index (χ2n) is 4.61. The van der Waals surface area contributed by atoms with E-state index < -0.39 is 0 Å². The Bertz CT molecular complexity index is 652. The molecule has 0 radical (unpaired) electrons. The molecule has 0 aliphatic rings. The molecule has 3 N–H and O–H groups in total. The fourth-order valence-corrected chi connectivity index (χ4v) is 3.52. The number of nitrogens with one attached hydrogen (secondary N) is 1. The van der Waals surface area contributed by atoms with Crippen LogP contribution in [0.4, 0.5) is 5.69 Å². The number of anilines is 1. The number of rotatable bonds is 4. The minimum atomic E-state index is 0.174. The van der Waals surface area contributed by atoms with Gasteiger partial charge in [-0.25, -0.2) is 4.98 Å². The molecule has 0 aliphatic carbocycles. The maximum atomic E-state index is 6.17. The van der Waals surface area contributed by atoms with Crippen LogP contribution in [0.15, 0.2) is 18.2 Å². The first-order chi connectivity index (χ1) is 9.38. The summed E-state index contributed by atoms with van der Waals surface area (Å²) in [6, 6.07) is 5.79. The molecule has 20 heavy (non-hydrogen) atoms. The molecule has 3 nitrogen and oxygen atoms in total. The van der Waals surface area contributed by atoms with E-state index in [1.54, 1.807) is 11.3 Å². The van der Waals surface area contributed by atoms with E-state index in [1.807, 2.05) is 32.0 Å². The van der Waals surface area contributed by atoms with Crippen LogP contribution in [0.3, 0.4) is 0 Å². The van der Waals surface area contributed by atoms with Crippen LogP contribution < -0.4 is 11.1 Å². The van der Waals surface area contributed by atoms with Crippen molar-refractivity contribution in [3.63, 3.8) is 0 Å². The van der Waals surface area contributed by atoms with Crippen molar-refractivity contribution in [1.29, 1.82) is 0 Å². The van der Waals surface area contributed by atoms with Crippen LogP contribution in [0, 0.1) is 13.8 Å². The zero-order valence-corrected chi connectivity index (χ0v) is 13.9. The fraction of sp³-hybridized carbons (Fsp3) is 0.286. The van der Waals surface area contributed by atoms with Gasteiger partial charge in [-0.05, 0) is 39.0 Å². The molecular formula is C14H16ClN3S2. The topological polar surface area (TPSA) is 50.9 Å². The Morgan fingerprint density at radius 2 is 2.15 bits per heavy atom. The molecule has 1 atom stereocenters. The molecule has 2 aromatic rings. The minimum absolute atomic E-state index is 0.174. The first-order valence-electron chi connectivity index (χ1n) is 6.18. The summed E-state index contributed by atoms with van der Waals surface area (Å²) in [5.41, 5.74) is 8.30. The van der Waals surface area contributed by atoms with Crippen molar-refractivity contribution in [1.82, 2.24) is 4.98 Å². The monoisotopic (exact) mass is 325 g/mol. The minimum Gasteiger partial charge on any atom is -0.389 e. The van der Waals surface area contributed by atoms with E-state index in [0.29, 0.717) is 15.6 Å². The molecule has 1 aromatic carbocycles. The standard InChI is InChI=1S/C14H16ClN3S2/c1-7-13(20-9(3)17-7)8(2)18-10-4-5-11(14(16)19)12(15)6-10/h4-6,8,18H,1-3H3,(H2,16,19). The van der Waals surface area contributed by atoms with Gasteiger partial charge in [-0.2, -0.15) is 0 Å². The van der Waals surface area contributed by atoms with Gasteiger partial charge < -0.3 is 11.1 Å². The van der Waals surface area contributed by atoms with E-state index in [1.165, 1.54) is 4.88 Å². The highest BCUT2D eigenvalue weighted by molar-refractivity contribution is 7.80. The Balaban J connectivity index is 2.20. The van der Waals surface area contributed by atoms with Crippen molar-refractivity contribution >= 4 is 45.8 Å². The second-order valence-corrected chi connectivity index (χ2v) is 6.69. The van der Waals surface area contributed by atoms with Gasteiger partial charge >= 0.3 is 0 Å².